The molecule has 1 heterocycles. The highest BCUT2D eigenvalue weighted by atomic mass is 32.2. The molecule has 1 aliphatic rings. The van der Waals surface area contributed by atoms with Crippen LogP contribution in [0.1, 0.15) is 0 Å². The summed E-state index contributed by atoms with van der Waals surface area (Å²) >= 11 is 0.695. The van der Waals surface area contributed by atoms with E-state index in [0.29, 0.717) is 11.8 Å². The van der Waals surface area contributed by atoms with Gasteiger partial charge in [-0.2, -0.15) is 0 Å². The van der Waals surface area contributed by atoms with Crippen LogP contribution in [0.25, 0.3) is 0 Å². The molecule has 6 heteroatoms. The molecule has 1 unspecified atom stereocenters. The molecule has 0 aromatic rings. The van der Waals surface area contributed by atoms with Crippen molar-refractivity contribution in [2.24, 2.45) is 0 Å². The Kier molecular flexibility index (Phi) is 2.13. The highest BCUT2D eigenvalue weighted by Gasteiger charge is 2.36. The summed E-state index contributed by atoms with van der Waals surface area (Å²) < 4.78 is 0. The Morgan fingerprint density at radius 3 is 2.64 bits per heavy atom. The van der Waals surface area contributed by atoms with Gasteiger partial charge in [-0.15, -0.1) is 0 Å². The molecule has 5 nitrogen and oxygen atoms in total. The Labute approximate surface area is 66.9 Å². The molecule has 1 fully saturated rings. The molecule has 0 bridgehead atoms. The highest BCUT2D eigenvalue weighted by Crippen LogP contribution is 2.18. The first kappa shape index (κ1) is 8.06. The fourth-order valence-electron chi connectivity index (χ4n) is 0.660. The van der Waals surface area contributed by atoms with Crippen molar-refractivity contribution in [1.82, 2.24) is 10.6 Å². The minimum absolute atomic E-state index is 0.446. The minimum Gasteiger partial charge on any atom is -0.358 e. The fraction of sp³-hybridized carbons (Fsp3) is 0.400. The third kappa shape index (κ3) is 1.51. The molecular formula is C5H6N2O3S. The lowest BCUT2D eigenvalue weighted by molar-refractivity contribution is -0.127. The first-order valence-electron chi connectivity index (χ1n) is 2.88. The van der Waals surface area contributed by atoms with Gasteiger partial charge in [-0.25, -0.2) is 0 Å². The lowest BCUT2D eigenvalue weighted by Crippen LogP contribution is -2.36. The fourth-order valence-corrected chi connectivity index (χ4v) is 1.42. The van der Waals surface area contributed by atoms with Crippen LogP contribution in [0.2, 0.25) is 0 Å². The third-order valence-electron chi connectivity index (χ3n) is 1.17. The number of carbonyl (C=O) groups is 3. The van der Waals surface area contributed by atoms with E-state index < -0.39 is 22.3 Å². The zero-order valence-electron chi connectivity index (χ0n) is 5.71. The lowest BCUT2D eigenvalue weighted by atomic mass is 10.4. The Bertz CT molecular complexity index is 228. The predicted octanol–water partition coefficient (Wildman–Crippen LogP) is -0.916. The first-order valence-corrected chi connectivity index (χ1v) is 3.76. The molecule has 1 atom stereocenters. The molecule has 11 heavy (non-hydrogen) atoms. The van der Waals surface area contributed by atoms with Crippen molar-refractivity contribution < 1.29 is 14.4 Å². The predicted molar refractivity (Wildman–Crippen MR) is 39.0 cm³/mol. The number of thioether (sulfide) groups is 1. The van der Waals surface area contributed by atoms with E-state index in [9.17, 15) is 14.4 Å². The maximum absolute atomic E-state index is 10.8. The summed E-state index contributed by atoms with van der Waals surface area (Å²) in [5.74, 6) is -0.988. The van der Waals surface area contributed by atoms with Crippen molar-refractivity contribution >= 4 is 28.8 Å². The zero-order valence-corrected chi connectivity index (χ0v) is 6.53. The molecule has 0 saturated carbocycles. The SMILES string of the molecule is CNC(=O)C1SC(=O)NC1=O. The summed E-state index contributed by atoms with van der Waals surface area (Å²) in [5, 5.41) is 2.91. The van der Waals surface area contributed by atoms with Gasteiger partial charge in [0.2, 0.25) is 5.91 Å². The van der Waals surface area contributed by atoms with Crippen LogP contribution in [0.4, 0.5) is 4.79 Å². The van der Waals surface area contributed by atoms with Crippen molar-refractivity contribution in [2.75, 3.05) is 7.05 Å². The summed E-state index contributed by atoms with van der Waals surface area (Å²) in [6, 6.07) is 0. The Morgan fingerprint density at radius 1 is 1.64 bits per heavy atom. The van der Waals surface area contributed by atoms with E-state index >= 15 is 0 Å². The van der Waals surface area contributed by atoms with Crippen LogP contribution in [0.3, 0.4) is 0 Å². The molecule has 0 spiro atoms. The molecule has 0 aliphatic carbocycles. The van der Waals surface area contributed by atoms with Crippen molar-refractivity contribution in [2.45, 2.75) is 5.25 Å². The van der Waals surface area contributed by atoms with Crippen LogP contribution in [-0.4, -0.2) is 29.4 Å². The van der Waals surface area contributed by atoms with Crippen LogP contribution in [-0.2, 0) is 9.59 Å². The summed E-state index contributed by atoms with van der Waals surface area (Å²) in [6.07, 6.45) is 0. The van der Waals surface area contributed by atoms with E-state index in [1.165, 1.54) is 7.05 Å². The molecule has 1 saturated heterocycles. The molecule has 0 aromatic carbocycles. The number of hydrogen-bond donors (Lipinski definition) is 2. The van der Waals surface area contributed by atoms with Crippen LogP contribution >= 0.6 is 11.8 Å². The van der Waals surface area contributed by atoms with Crippen LogP contribution < -0.4 is 10.6 Å². The summed E-state index contributed by atoms with van der Waals surface area (Å²) in [4.78, 5) is 32.1. The van der Waals surface area contributed by atoms with Crippen molar-refractivity contribution in [3.05, 3.63) is 0 Å². The summed E-state index contributed by atoms with van der Waals surface area (Å²) in [5.41, 5.74) is 0. The van der Waals surface area contributed by atoms with Gasteiger partial charge in [0, 0.05) is 7.05 Å². The molecule has 3 amide bonds. The molecule has 1 aliphatic heterocycles. The molecule has 2 N–H and O–H groups in total. The van der Waals surface area contributed by atoms with Crippen molar-refractivity contribution in [1.29, 1.82) is 0 Å². The standard InChI is InChI=1S/C5H6N2O3S/c1-6-3(8)2-4(9)7-5(10)11-2/h2H,1H3,(H,6,8)(H,7,9,10). The van der Waals surface area contributed by atoms with Gasteiger partial charge in [-0.1, -0.05) is 0 Å². The quantitative estimate of drug-likeness (QED) is 0.504. The Morgan fingerprint density at radius 2 is 2.27 bits per heavy atom. The number of carbonyl (C=O) groups excluding carboxylic acids is 3. The molecule has 0 aromatic heterocycles. The highest BCUT2D eigenvalue weighted by molar-refractivity contribution is 8.16. The number of amides is 3. The van der Waals surface area contributed by atoms with E-state index in [0.717, 1.165) is 0 Å². The van der Waals surface area contributed by atoms with Crippen LogP contribution in [0, 0.1) is 0 Å². The van der Waals surface area contributed by atoms with Crippen molar-refractivity contribution in [3.8, 4) is 0 Å². The van der Waals surface area contributed by atoms with Gasteiger partial charge in [-0.3, -0.25) is 19.7 Å². The molecule has 1 rings (SSSR count). The lowest BCUT2D eigenvalue weighted by Gasteiger charge is -2.00. The average molecular weight is 174 g/mol. The maximum atomic E-state index is 10.8. The van der Waals surface area contributed by atoms with E-state index in [1.807, 2.05) is 5.32 Å². The monoisotopic (exact) mass is 174 g/mol. The molecule has 60 valence electrons. The first-order chi connectivity index (χ1) is 5.15. The van der Waals surface area contributed by atoms with E-state index in [-0.39, 0.29) is 0 Å². The van der Waals surface area contributed by atoms with Gasteiger partial charge in [-0.05, 0) is 11.8 Å². The second kappa shape index (κ2) is 2.91. The molecular weight excluding hydrogens is 168 g/mol. The van der Waals surface area contributed by atoms with Crippen LogP contribution in [0.5, 0.6) is 0 Å². The maximum Gasteiger partial charge on any atom is 0.286 e. The molecule has 0 radical (unpaired) electrons. The Balaban J connectivity index is 2.67. The smallest absolute Gasteiger partial charge is 0.286 e. The second-order valence-corrected chi connectivity index (χ2v) is 2.97. The van der Waals surface area contributed by atoms with Gasteiger partial charge in [0.15, 0.2) is 5.25 Å². The van der Waals surface area contributed by atoms with Crippen LogP contribution in [0.15, 0.2) is 0 Å². The average Bonchev–Trinajstić information content (AvgIpc) is 2.28. The third-order valence-corrected chi connectivity index (χ3v) is 2.15. The number of hydrogen-bond acceptors (Lipinski definition) is 4. The van der Waals surface area contributed by atoms with E-state index in [2.05, 4.69) is 5.32 Å². The summed E-state index contributed by atoms with van der Waals surface area (Å²) in [7, 11) is 1.42. The van der Waals surface area contributed by atoms with Gasteiger partial charge in [0.1, 0.15) is 0 Å². The largest absolute Gasteiger partial charge is 0.358 e. The van der Waals surface area contributed by atoms with Crippen molar-refractivity contribution in [3.63, 3.8) is 0 Å². The van der Waals surface area contributed by atoms with E-state index in [4.69, 9.17) is 0 Å². The van der Waals surface area contributed by atoms with Gasteiger partial charge in [0.25, 0.3) is 11.1 Å². The van der Waals surface area contributed by atoms with Gasteiger partial charge >= 0.3 is 0 Å². The summed E-state index contributed by atoms with van der Waals surface area (Å²) in [6.45, 7) is 0. The number of imide groups is 1. The Hall–Kier alpha value is -1.04. The second-order valence-electron chi connectivity index (χ2n) is 1.89. The zero-order chi connectivity index (χ0) is 8.43. The number of rotatable bonds is 1. The topological polar surface area (TPSA) is 75.3 Å². The minimum atomic E-state index is -0.910. The van der Waals surface area contributed by atoms with Gasteiger partial charge in [0.05, 0.1) is 0 Å². The normalized spacial score (nSPS) is 23.2. The van der Waals surface area contributed by atoms with Gasteiger partial charge < -0.3 is 5.32 Å². The number of nitrogens with one attached hydrogen (secondary N) is 2. The van der Waals surface area contributed by atoms with E-state index in [1.54, 1.807) is 0 Å².